The minimum Gasteiger partial charge on any atom is -0.386 e. The molecule has 1 aromatic rings. The normalized spacial score (nSPS) is 20.7. The predicted octanol–water partition coefficient (Wildman–Crippen LogP) is 3.82. The molecule has 0 aliphatic heterocycles. The van der Waals surface area contributed by atoms with E-state index in [-0.39, 0.29) is 11.4 Å². The number of aliphatic hydroxyl groups is 1. The van der Waals surface area contributed by atoms with Gasteiger partial charge >= 0.3 is 0 Å². The highest BCUT2D eigenvalue weighted by atomic mass is 19.1. The van der Waals surface area contributed by atoms with E-state index in [1.54, 1.807) is 13.0 Å². The lowest BCUT2D eigenvalue weighted by Gasteiger charge is -2.43. The molecule has 1 saturated carbocycles. The fourth-order valence-electron chi connectivity index (χ4n) is 3.40. The molecule has 2 nitrogen and oxygen atoms in total. The summed E-state index contributed by atoms with van der Waals surface area (Å²) in [6.45, 7) is 1.75. The van der Waals surface area contributed by atoms with Gasteiger partial charge in [-0.15, -0.1) is 0 Å². The molecule has 2 rings (SSSR count). The van der Waals surface area contributed by atoms with E-state index < -0.39 is 6.10 Å². The number of hydrogen-bond donors (Lipinski definition) is 1. The number of halogens is 1. The van der Waals surface area contributed by atoms with E-state index in [1.165, 1.54) is 18.9 Å². The van der Waals surface area contributed by atoms with Crippen molar-refractivity contribution < 1.29 is 9.50 Å². The predicted molar refractivity (Wildman–Crippen MR) is 80.2 cm³/mol. The average molecular weight is 279 g/mol. The summed E-state index contributed by atoms with van der Waals surface area (Å²) in [5.74, 6) is -0.232. The van der Waals surface area contributed by atoms with Crippen molar-refractivity contribution >= 4 is 0 Å². The Kier molecular flexibility index (Phi) is 4.82. The van der Waals surface area contributed by atoms with E-state index in [0.717, 1.165) is 25.7 Å². The van der Waals surface area contributed by atoms with Crippen molar-refractivity contribution in [3.8, 4) is 0 Å². The molecule has 20 heavy (non-hydrogen) atoms. The second kappa shape index (κ2) is 6.23. The van der Waals surface area contributed by atoms with Gasteiger partial charge in [0.15, 0.2) is 0 Å². The molecular weight excluding hydrogens is 253 g/mol. The number of benzene rings is 1. The molecule has 1 aromatic carbocycles. The summed E-state index contributed by atoms with van der Waals surface area (Å²) in [6, 6.07) is 5.11. The number of hydrogen-bond acceptors (Lipinski definition) is 2. The van der Waals surface area contributed by atoms with Gasteiger partial charge in [0, 0.05) is 0 Å². The molecule has 112 valence electrons. The van der Waals surface area contributed by atoms with E-state index in [9.17, 15) is 9.50 Å². The van der Waals surface area contributed by atoms with Gasteiger partial charge < -0.3 is 10.0 Å². The summed E-state index contributed by atoms with van der Waals surface area (Å²) in [6.07, 6.45) is 6.01. The molecule has 1 aliphatic carbocycles. The first kappa shape index (κ1) is 15.5. The first-order chi connectivity index (χ1) is 9.47. The number of aryl methyl sites for hydroxylation is 1. The van der Waals surface area contributed by atoms with E-state index in [0.29, 0.717) is 11.1 Å². The van der Waals surface area contributed by atoms with Crippen molar-refractivity contribution in [2.24, 2.45) is 0 Å². The zero-order chi connectivity index (χ0) is 14.8. The third-order valence-electron chi connectivity index (χ3n) is 4.88. The van der Waals surface area contributed by atoms with E-state index in [1.807, 2.05) is 20.2 Å². The highest BCUT2D eigenvalue weighted by molar-refractivity contribution is 5.27. The topological polar surface area (TPSA) is 23.5 Å². The molecule has 3 heteroatoms. The molecule has 1 unspecified atom stereocenters. The van der Waals surface area contributed by atoms with Crippen molar-refractivity contribution in [1.82, 2.24) is 4.90 Å². The van der Waals surface area contributed by atoms with Crippen molar-refractivity contribution in [3.05, 3.63) is 35.1 Å². The largest absolute Gasteiger partial charge is 0.386 e. The highest BCUT2D eigenvalue weighted by Crippen LogP contribution is 2.41. The zero-order valence-corrected chi connectivity index (χ0v) is 12.8. The summed E-state index contributed by atoms with van der Waals surface area (Å²) in [7, 11) is 4.05. The van der Waals surface area contributed by atoms with Crippen LogP contribution in [0.25, 0.3) is 0 Å². The van der Waals surface area contributed by atoms with Gasteiger partial charge in [-0.1, -0.05) is 37.8 Å². The molecular formula is C17H26FNO. The molecule has 0 saturated heterocycles. The van der Waals surface area contributed by atoms with Gasteiger partial charge in [-0.05, 0) is 51.1 Å². The molecule has 0 amide bonds. The zero-order valence-electron chi connectivity index (χ0n) is 12.8. The maximum absolute atomic E-state index is 13.8. The van der Waals surface area contributed by atoms with Crippen LogP contribution in [0.15, 0.2) is 18.2 Å². The quantitative estimate of drug-likeness (QED) is 0.850. The molecule has 1 fully saturated rings. The fourth-order valence-corrected chi connectivity index (χ4v) is 3.40. The third-order valence-corrected chi connectivity index (χ3v) is 4.88. The number of likely N-dealkylation sites (N-methyl/N-ethyl adjacent to an activating group) is 1. The maximum Gasteiger partial charge on any atom is 0.126 e. The van der Waals surface area contributed by atoms with E-state index in [2.05, 4.69) is 4.90 Å². The van der Waals surface area contributed by atoms with Crippen LogP contribution in [0.2, 0.25) is 0 Å². The first-order valence-electron chi connectivity index (χ1n) is 7.59. The second-order valence-electron chi connectivity index (χ2n) is 6.32. The fraction of sp³-hybridized carbons (Fsp3) is 0.647. The van der Waals surface area contributed by atoms with Crippen LogP contribution in [0.4, 0.5) is 4.39 Å². The number of rotatable bonds is 3. The Bertz CT molecular complexity index is 450. The Morgan fingerprint density at radius 2 is 1.75 bits per heavy atom. The molecule has 0 heterocycles. The molecule has 0 aromatic heterocycles. The summed E-state index contributed by atoms with van der Waals surface area (Å²) in [5, 5.41) is 10.9. The number of aliphatic hydroxyl groups excluding tert-OH is 1. The standard InChI is InChI=1S/C17H26FNO/c1-13-8-9-14(12-15(13)18)16(20)17(19(2)3)10-6-4-5-7-11-17/h8-9,12,16,20H,4-7,10-11H2,1-3H3. The smallest absolute Gasteiger partial charge is 0.126 e. The Morgan fingerprint density at radius 3 is 2.25 bits per heavy atom. The third kappa shape index (κ3) is 2.89. The highest BCUT2D eigenvalue weighted by Gasteiger charge is 2.40. The molecule has 0 bridgehead atoms. The summed E-state index contributed by atoms with van der Waals surface area (Å²) in [5.41, 5.74) is 1.06. The van der Waals surface area contributed by atoms with Crippen LogP contribution in [0, 0.1) is 12.7 Å². The van der Waals surface area contributed by atoms with Crippen molar-refractivity contribution in [2.45, 2.75) is 57.1 Å². The molecule has 1 atom stereocenters. The van der Waals surface area contributed by atoms with Crippen LogP contribution in [-0.2, 0) is 0 Å². The number of nitrogens with zero attached hydrogens (tertiary/aromatic N) is 1. The summed E-state index contributed by atoms with van der Waals surface area (Å²) < 4.78 is 13.8. The van der Waals surface area contributed by atoms with Gasteiger partial charge in [-0.3, -0.25) is 0 Å². The lowest BCUT2D eigenvalue weighted by atomic mass is 9.80. The van der Waals surface area contributed by atoms with Crippen molar-refractivity contribution in [3.63, 3.8) is 0 Å². The van der Waals surface area contributed by atoms with Gasteiger partial charge in [0.25, 0.3) is 0 Å². The van der Waals surface area contributed by atoms with Crippen LogP contribution >= 0.6 is 0 Å². The molecule has 0 spiro atoms. The first-order valence-corrected chi connectivity index (χ1v) is 7.59. The van der Waals surface area contributed by atoms with Crippen molar-refractivity contribution in [1.29, 1.82) is 0 Å². The van der Waals surface area contributed by atoms with Crippen LogP contribution < -0.4 is 0 Å². The van der Waals surface area contributed by atoms with Crippen LogP contribution in [-0.4, -0.2) is 29.6 Å². The SMILES string of the molecule is Cc1ccc(C(O)C2(N(C)C)CCCCCC2)cc1F. The van der Waals surface area contributed by atoms with Gasteiger partial charge in [0.1, 0.15) is 5.82 Å². The van der Waals surface area contributed by atoms with Crippen LogP contribution in [0.3, 0.4) is 0 Å². The molecule has 1 N–H and O–H groups in total. The van der Waals surface area contributed by atoms with Crippen molar-refractivity contribution in [2.75, 3.05) is 14.1 Å². The monoisotopic (exact) mass is 279 g/mol. The Morgan fingerprint density at radius 1 is 1.15 bits per heavy atom. The molecule has 1 aliphatic rings. The Labute approximate surface area is 121 Å². The average Bonchev–Trinajstić information content (AvgIpc) is 2.67. The lowest BCUT2D eigenvalue weighted by Crippen LogP contribution is -2.49. The molecule has 0 radical (unpaired) electrons. The van der Waals surface area contributed by atoms with E-state index in [4.69, 9.17) is 0 Å². The van der Waals surface area contributed by atoms with Crippen LogP contribution in [0.5, 0.6) is 0 Å². The summed E-state index contributed by atoms with van der Waals surface area (Å²) in [4.78, 5) is 2.14. The lowest BCUT2D eigenvalue weighted by molar-refractivity contribution is -0.0200. The van der Waals surface area contributed by atoms with Gasteiger partial charge in [-0.25, -0.2) is 4.39 Å². The van der Waals surface area contributed by atoms with E-state index >= 15 is 0 Å². The second-order valence-corrected chi connectivity index (χ2v) is 6.32. The van der Waals surface area contributed by atoms with Gasteiger partial charge in [0.2, 0.25) is 0 Å². The Hall–Kier alpha value is -0.930. The van der Waals surface area contributed by atoms with Gasteiger partial charge in [-0.2, -0.15) is 0 Å². The Balaban J connectivity index is 2.34. The van der Waals surface area contributed by atoms with Gasteiger partial charge in [0.05, 0.1) is 11.6 Å². The maximum atomic E-state index is 13.8. The van der Waals surface area contributed by atoms with Crippen LogP contribution in [0.1, 0.15) is 55.8 Å². The minimum absolute atomic E-state index is 0.232. The summed E-state index contributed by atoms with van der Waals surface area (Å²) >= 11 is 0. The minimum atomic E-state index is -0.634.